The number of nitrogens with one attached hydrogen (secondary N) is 1. The van der Waals surface area contributed by atoms with Crippen LogP contribution in [0.15, 0.2) is 0 Å². The molecule has 0 aromatic carbocycles. The summed E-state index contributed by atoms with van der Waals surface area (Å²) in [7, 11) is 3.07. The molecule has 11 heavy (non-hydrogen) atoms. The van der Waals surface area contributed by atoms with E-state index in [2.05, 4.69) is 0 Å². The van der Waals surface area contributed by atoms with Gasteiger partial charge < -0.3 is 9.69 Å². The van der Waals surface area contributed by atoms with Crippen molar-refractivity contribution in [3.63, 3.8) is 0 Å². The van der Waals surface area contributed by atoms with Gasteiger partial charge in [0.05, 0.1) is 0 Å². The number of nitrogens with zero attached hydrogens (tertiary/aromatic N) is 1. The lowest BCUT2D eigenvalue weighted by atomic mass is 10.6. The third-order valence-corrected chi connectivity index (χ3v) is 0.668. The summed E-state index contributed by atoms with van der Waals surface area (Å²) in [5.74, 6) is 0. The molecule has 66 valence electrons. The molecular weight excluding hydrogens is 148 g/mol. The number of carbonyl (C=O) groups excluding carboxylic acids is 2. The van der Waals surface area contributed by atoms with Gasteiger partial charge in [-0.3, -0.25) is 5.21 Å². The Morgan fingerprint density at radius 2 is 2.00 bits per heavy atom. The Labute approximate surface area is 66.0 Å². The summed E-state index contributed by atoms with van der Waals surface area (Å²) < 4.78 is 0. The first-order chi connectivity index (χ1) is 5.09. The quantitative estimate of drug-likeness (QED) is 0.329. The second-order valence-corrected chi connectivity index (χ2v) is 1.89. The maximum absolute atomic E-state index is 10.1. The van der Waals surface area contributed by atoms with Gasteiger partial charge in [-0.1, -0.05) is 6.92 Å². The molecule has 0 aliphatic heterocycles. The van der Waals surface area contributed by atoms with Crippen LogP contribution in [0, 0.1) is 0 Å². The zero-order chi connectivity index (χ0) is 9.28. The molecule has 0 aromatic heterocycles. The molecule has 0 rings (SSSR count). The highest BCUT2D eigenvalue weighted by atomic mass is 16.5. The zero-order valence-corrected chi connectivity index (χ0v) is 7.00. The molecule has 2 N–H and O–H groups in total. The molecular formula is C6H14N2O3. The summed E-state index contributed by atoms with van der Waals surface area (Å²) in [5.41, 5.74) is 1.45. The second-order valence-electron chi connectivity index (χ2n) is 1.89. The summed E-state index contributed by atoms with van der Waals surface area (Å²) in [6.07, 6.45) is 1.51. The van der Waals surface area contributed by atoms with Crippen LogP contribution in [-0.4, -0.2) is 36.5 Å². The Balaban J connectivity index is 0. The van der Waals surface area contributed by atoms with Gasteiger partial charge in [0.15, 0.2) is 0 Å². The maximum atomic E-state index is 10.1. The van der Waals surface area contributed by atoms with Gasteiger partial charge in [0.1, 0.15) is 6.29 Å². The highest BCUT2D eigenvalue weighted by Crippen LogP contribution is 1.70. The van der Waals surface area contributed by atoms with Crippen molar-refractivity contribution in [3.05, 3.63) is 0 Å². The first kappa shape index (κ1) is 12.6. The Hall–Kier alpha value is -1.10. The van der Waals surface area contributed by atoms with E-state index in [1.54, 1.807) is 0 Å². The first-order valence-corrected chi connectivity index (χ1v) is 3.15. The zero-order valence-electron chi connectivity index (χ0n) is 7.00. The van der Waals surface area contributed by atoms with E-state index in [0.29, 0.717) is 6.42 Å². The van der Waals surface area contributed by atoms with E-state index in [1.807, 2.05) is 6.92 Å². The van der Waals surface area contributed by atoms with E-state index < -0.39 is 6.03 Å². The summed E-state index contributed by atoms with van der Waals surface area (Å²) in [5, 5.41) is 7.86. The normalized spacial score (nSPS) is 7.27. The van der Waals surface area contributed by atoms with Crippen molar-refractivity contribution < 1.29 is 14.8 Å². The summed E-state index contributed by atoms with van der Waals surface area (Å²) >= 11 is 0. The largest absolute Gasteiger partial charge is 0.340 e. The van der Waals surface area contributed by atoms with Crippen LogP contribution in [0.5, 0.6) is 0 Å². The fourth-order valence-electron chi connectivity index (χ4n) is 0.100. The number of hydrogen-bond acceptors (Lipinski definition) is 3. The molecule has 0 radical (unpaired) electrons. The third kappa shape index (κ3) is 12.2. The summed E-state index contributed by atoms with van der Waals surface area (Å²) in [6.45, 7) is 1.81. The number of rotatable bonds is 1. The van der Waals surface area contributed by atoms with Gasteiger partial charge in [-0.15, -0.1) is 0 Å². The van der Waals surface area contributed by atoms with Gasteiger partial charge in [-0.25, -0.2) is 10.3 Å². The van der Waals surface area contributed by atoms with Crippen LogP contribution in [0.1, 0.15) is 13.3 Å². The maximum Gasteiger partial charge on any atom is 0.340 e. The Kier molecular flexibility index (Phi) is 10.2. The minimum absolute atomic E-state index is 0.514. The number of urea groups is 1. The lowest BCUT2D eigenvalue weighted by Gasteiger charge is -2.05. The first-order valence-electron chi connectivity index (χ1n) is 3.15. The highest BCUT2D eigenvalue weighted by molar-refractivity contribution is 5.71. The molecule has 5 heteroatoms. The molecule has 0 unspecified atom stereocenters. The predicted molar refractivity (Wildman–Crippen MR) is 40.4 cm³/mol. The van der Waals surface area contributed by atoms with E-state index in [-0.39, 0.29) is 0 Å². The van der Waals surface area contributed by atoms with Gasteiger partial charge in [-0.2, -0.15) is 0 Å². The molecule has 5 nitrogen and oxygen atoms in total. The smallest absolute Gasteiger partial charge is 0.329 e. The van der Waals surface area contributed by atoms with E-state index in [4.69, 9.17) is 5.21 Å². The number of aldehydes is 1. The monoisotopic (exact) mass is 162 g/mol. The van der Waals surface area contributed by atoms with Crippen molar-refractivity contribution in [2.75, 3.05) is 14.1 Å². The average Bonchev–Trinajstić information content (AvgIpc) is 2.03. The van der Waals surface area contributed by atoms with Crippen LogP contribution in [0.4, 0.5) is 4.79 Å². The van der Waals surface area contributed by atoms with Crippen LogP contribution in [0.3, 0.4) is 0 Å². The Morgan fingerprint density at radius 3 is 2.00 bits per heavy atom. The second kappa shape index (κ2) is 8.90. The van der Waals surface area contributed by atoms with Crippen molar-refractivity contribution in [2.24, 2.45) is 0 Å². The van der Waals surface area contributed by atoms with Crippen molar-refractivity contribution in [2.45, 2.75) is 13.3 Å². The molecule has 0 aromatic rings. The molecule has 0 heterocycles. The van der Waals surface area contributed by atoms with Crippen LogP contribution < -0.4 is 5.48 Å². The lowest BCUT2D eigenvalue weighted by Crippen LogP contribution is -2.31. The number of amides is 2. The number of carbonyl (C=O) groups is 2. The van der Waals surface area contributed by atoms with Crippen LogP contribution >= 0.6 is 0 Å². The fraction of sp³-hybridized carbons (Fsp3) is 0.667. The SMILES string of the molecule is CCC=O.CN(C)C(=O)NO. The highest BCUT2D eigenvalue weighted by Gasteiger charge is 1.95. The molecule has 2 amide bonds. The fourth-order valence-corrected chi connectivity index (χ4v) is 0.100. The van der Waals surface area contributed by atoms with Crippen LogP contribution in [-0.2, 0) is 4.79 Å². The lowest BCUT2D eigenvalue weighted by molar-refractivity contribution is -0.107. The molecule has 0 aliphatic carbocycles. The number of hydroxylamine groups is 1. The molecule has 0 fully saturated rings. The van der Waals surface area contributed by atoms with Crippen LogP contribution in [0.2, 0.25) is 0 Å². The molecule has 0 saturated carbocycles. The van der Waals surface area contributed by atoms with Crippen molar-refractivity contribution in [3.8, 4) is 0 Å². The molecule has 0 saturated heterocycles. The van der Waals surface area contributed by atoms with Gasteiger partial charge in [0, 0.05) is 20.5 Å². The molecule has 0 spiro atoms. The summed E-state index contributed by atoms with van der Waals surface area (Å²) in [4.78, 5) is 20.5. The topological polar surface area (TPSA) is 69.6 Å². The van der Waals surface area contributed by atoms with Gasteiger partial charge in [-0.05, 0) is 0 Å². The van der Waals surface area contributed by atoms with Crippen molar-refractivity contribution in [1.29, 1.82) is 0 Å². The van der Waals surface area contributed by atoms with Crippen LogP contribution in [0.25, 0.3) is 0 Å². The van der Waals surface area contributed by atoms with E-state index in [9.17, 15) is 9.59 Å². The van der Waals surface area contributed by atoms with E-state index in [0.717, 1.165) is 6.29 Å². The minimum Gasteiger partial charge on any atom is -0.329 e. The number of hydrogen-bond donors (Lipinski definition) is 2. The van der Waals surface area contributed by atoms with Gasteiger partial charge in [0.2, 0.25) is 0 Å². The minimum atomic E-state index is -0.514. The van der Waals surface area contributed by atoms with Gasteiger partial charge >= 0.3 is 6.03 Å². The molecule has 0 aliphatic rings. The van der Waals surface area contributed by atoms with Crippen molar-refractivity contribution in [1.82, 2.24) is 10.4 Å². The standard InChI is InChI=1S/C3H8N2O2.C3H6O/c1-5(2)3(6)4-7;1-2-3-4/h7H,1-2H3,(H,4,6);3H,2H2,1H3. The van der Waals surface area contributed by atoms with Gasteiger partial charge in [0.25, 0.3) is 0 Å². The van der Waals surface area contributed by atoms with E-state index in [1.165, 1.54) is 24.5 Å². The predicted octanol–water partition coefficient (Wildman–Crippen LogP) is 0.242. The molecule has 0 bridgehead atoms. The Bertz CT molecular complexity index is 114. The average molecular weight is 162 g/mol. The summed E-state index contributed by atoms with van der Waals surface area (Å²) in [6, 6.07) is -0.514. The Morgan fingerprint density at radius 1 is 1.64 bits per heavy atom. The van der Waals surface area contributed by atoms with E-state index >= 15 is 0 Å². The van der Waals surface area contributed by atoms with Crippen molar-refractivity contribution >= 4 is 12.3 Å². The molecule has 0 atom stereocenters. The third-order valence-electron chi connectivity index (χ3n) is 0.668.